The third kappa shape index (κ3) is 5.01. The molecular formula is C29H25Cl2N7. The highest BCUT2D eigenvalue weighted by Crippen LogP contribution is 2.38. The number of aromatic amines is 1. The lowest BCUT2D eigenvalue weighted by Gasteiger charge is -2.23. The summed E-state index contributed by atoms with van der Waals surface area (Å²) >= 11 is 13.4. The van der Waals surface area contributed by atoms with Crippen LogP contribution in [0.4, 0.5) is 11.4 Å². The van der Waals surface area contributed by atoms with Crippen molar-refractivity contribution < 1.29 is 0 Å². The van der Waals surface area contributed by atoms with E-state index in [0.29, 0.717) is 32.5 Å². The van der Waals surface area contributed by atoms with Gasteiger partial charge in [0.25, 0.3) is 0 Å². The van der Waals surface area contributed by atoms with Crippen molar-refractivity contribution >= 4 is 45.5 Å². The van der Waals surface area contributed by atoms with Gasteiger partial charge in [-0.1, -0.05) is 78.7 Å². The Labute approximate surface area is 230 Å². The van der Waals surface area contributed by atoms with Gasteiger partial charge < -0.3 is 10.6 Å². The van der Waals surface area contributed by atoms with Crippen LogP contribution in [0, 0.1) is 18.3 Å². The van der Waals surface area contributed by atoms with E-state index in [9.17, 15) is 5.26 Å². The molecule has 0 bridgehead atoms. The quantitative estimate of drug-likeness (QED) is 0.187. The van der Waals surface area contributed by atoms with Gasteiger partial charge in [-0.3, -0.25) is 4.98 Å². The number of H-pyrrole nitrogens is 1. The summed E-state index contributed by atoms with van der Waals surface area (Å²) in [5.74, 6) is 0. The molecular weight excluding hydrogens is 517 g/mol. The van der Waals surface area contributed by atoms with Gasteiger partial charge in [-0.05, 0) is 42.7 Å². The van der Waals surface area contributed by atoms with E-state index in [4.69, 9.17) is 23.2 Å². The molecule has 0 spiro atoms. The van der Waals surface area contributed by atoms with Gasteiger partial charge in [0.05, 0.1) is 39.6 Å². The Hall–Kier alpha value is -4.12. The third-order valence-corrected chi connectivity index (χ3v) is 7.17. The summed E-state index contributed by atoms with van der Waals surface area (Å²) < 4.78 is 0. The van der Waals surface area contributed by atoms with Gasteiger partial charge in [0.15, 0.2) is 0 Å². The molecule has 0 fully saturated rings. The zero-order valence-electron chi connectivity index (χ0n) is 20.8. The van der Waals surface area contributed by atoms with Crippen LogP contribution in [0.5, 0.6) is 0 Å². The topological polar surface area (TPSA) is 102 Å². The molecule has 0 saturated carbocycles. The van der Waals surface area contributed by atoms with Crippen LogP contribution in [-0.2, 0) is 0 Å². The first-order valence-corrected chi connectivity index (χ1v) is 13.0. The van der Waals surface area contributed by atoms with E-state index in [0.717, 1.165) is 34.3 Å². The molecule has 0 aliphatic heterocycles. The zero-order valence-corrected chi connectivity index (χ0v) is 22.3. The van der Waals surface area contributed by atoms with Gasteiger partial charge in [-0.2, -0.15) is 20.7 Å². The predicted octanol–water partition coefficient (Wildman–Crippen LogP) is 7.60. The number of pyridine rings is 1. The summed E-state index contributed by atoms with van der Waals surface area (Å²) in [5, 5.41) is 30.2. The molecule has 9 heteroatoms. The minimum absolute atomic E-state index is 0.00190. The second-order valence-electron chi connectivity index (χ2n) is 8.92. The highest BCUT2D eigenvalue weighted by Gasteiger charge is 2.23. The summed E-state index contributed by atoms with van der Waals surface area (Å²) in [7, 11) is 0. The Morgan fingerprint density at radius 3 is 2.42 bits per heavy atom. The van der Waals surface area contributed by atoms with Gasteiger partial charge in [0, 0.05) is 22.3 Å². The summed E-state index contributed by atoms with van der Waals surface area (Å²) in [5.41, 5.74) is 5.89. The van der Waals surface area contributed by atoms with E-state index in [1.165, 1.54) is 0 Å². The molecule has 0 amide bonds. The van der Waals surface area contributed by atoms with Crippen molar-refractivity contribution in [2.24, 2.45) is 0 Å². The van der Waals surface area contributed by atoms with Crippen molar-refractivity contribution in [3.05, 3.63) is 111 Å². The molecule has 1 unspecified atom stereocenters. The second-order valence-corrected chi connectivity index (χ2v) is 9.74. The Morgan fingerprint density at radius 1 is 0.974 bits per heavy atom. The second kappa shape index (κ2) is 11.1. The fourth-order valence-electron chi connectivity index (χ4n) is 4.60. The van der Waals surface area contributed by atoms with Gasteiger partial charge in [-0.15, -0.1) is 0 Å². The summed E-state index contributed by atoms with van der Waals surface area (Å²) in [4.78, 5) is 4.50. The lowest BCUT2D eigenvalue weighted by Crippen LogP contribution is -2.15. The number of benzene rings is 3. The number of aromatic nitrogens is 4. The molecule has 38 heavy (non-hydrogen) atoms. The minimum Gasteiger partial charge on any atom is -0.377 e. The molecule has 2 atom stereocenters. The fraction of sp³-hybridized carbons (Fsp3) is 0.172. The van der Waals surface area contributed by atoms with E-state index in [1.54, 1.807) is 6.20 Å². The van der Waals surface area contributed by atoms with Crippen LogP contribution in [0.1, 0.15) is 53.5 Å². The molecule has 5 rings (SSSR count). The van der Waals surface area contributed by atoms with Crippen LogP contribution in [0.15, 0.2) is 72.9 Å². The molecule has 0 radical (unpaired) electrons. The molecule has 2 aromatic heterocycles. The summed E-state index contributed by atoms with van der Waals surface area (Å²) in [6.45, 7) is 3.99. The van der Waals surface area contributed by atoms with Crippen LogP contribution in [0.25, 0.3) is 10.9 Å². The normalized spacial score (nSPS) is 12.6. The fourth-order valence-corrected chi connectivity index (χ4v) is 5.11. The van der Waals surface area contributed by atoms with Gasteiger partial charge >= 0.3 is 0 Å². The van der Waals surface area contributed by atoms with Crippen LogP contribution in [0.2, 0.25) is 10.0 Å². The van der Waals surface area contributed by atoms with E-state index in [1.807, 2.05) is 61.5 Å². The van der Waals surface area contributed by atoms with E-state index in [2.05, 4.69) is 56.2 Å². The number of rotatable bonds is 8. The van der Waals surface area contributed by atoms with Crippen LogP contribution in [-0.4, -0.2) is 20.4 Å². The molecule has 3 aromatic carbocycles. The Morgan fingerprint density at radius 2 is 1.74 bits per heavy atom. The lowest BCUT2D eigenvalue weighted by atomic mass is 10.0. The maximum Gasteiger partial charge on any atom is 0.112 e. The van der Waals surface area contributed by atoms with E-state index < -0.39 is 6.04 Å². The van der Waals surface area contributed by atoms with Crippen LogP contribution in [0.3, 0.4) is 0 Å². The maximum atomic E-state index is 9.94. The summed E-state index contributed by atoms with van der Waals surface area (Å²) in [6, 6.07) is 23.4. The Bertz CT molecular complexity index is 1630. The number of hydrogen-bond acceptors (Lipinski definition) is 6. The number of nitrogens with zero attached hydrogens (tertiary/aromatic N) is 4. The van der Waals surface area contributed by atoms with E-state index >= 15 is 0 Å². The molecule has 7 nitrogen and oxygen atoms in total. The first-order valence-electron chi connectivity index (χ1n) is 12.2. The number of halogens is 2. The number of anilines is 2. The molecule has 0 saturated heterocycles. The number of aryl methyl sites for hydroxylation is 1. The van der Waals surface area contributed by atoms with Crippen molar-refractivity contribution in [3.63, 3.8) is 0 Å². The Kier molecular flexibility index (Phi) is 7.45. The molecule has 0 aliphatic rings. The molecule has 3 N–H and O–H groups in total. The van der Waals surface area contributed by atoms with E-state index in [-0.39, 0.29) is 6.04 Å². The third-order valence-electron chi connectivity index (χ3n) is 6.53. The van der Waals surface area contributed by atoms with Crippen molar-refractivity contribution in [3.8, 4) is 6.07 Å². The lowest BCUT2D eigenvalue weighted by molar-refractivity contribution is 0.750. The highest BCUT2D eigenvalue weighted by molar-refractivity contribution is 6.36. The number of hydrogen-bond donors (Lipinski definition) is 3. The molecule has 2 heterocycles. The average Bonchev–Trinajstić information content (AvgIpc) is 3.36. The minimum atomic E-state index is -0.396. The van der Waals surface area contributed by atoms with Gasteiger partial charge in [0.2, 0.25) is 0 Å². The maximum absolute atomic E-state index is 9.94. The predicted molar refractivity (Wildman–Crippen MR) is 153 cm³/mol. The molecule has 190 valence electrons. The number of nitrogens with one attached hydrogen (secondary N) is 3. The first-order chi connectivity index (χ1) is 18.5. The standard InChI is InChI=1S/C29H25Cl2N7/c1-3-25(18-9-5-4-6-10-18)35-27-19(15-32)16-33-28-22(27)13-20(14-24(28)31)34-29(26-17(2)36-38-37-26)21-11-7-8-12-23(21)30/h4-14,16,25,29,34H,3H2,1-2H3,(H,33,35)(H,36,37,38)/t25-,29?/m1/s1. The average molecular weight is 542 g/mol. The van der Waals surface area contributed by atoms with Crippen molar-refractivity contribution in [2.45, 2.75) is 32.4 Å². The Balaban J connectivity index is 1.62. The first kappa shape index (κ1) is 25.5. The monoisotopic (exact) mass is 541 g/mol. The number of fused-ring (bicyclic) bond motifs is 1. The van der Waals surface area contributed by atoms with Crippen LogP contribution < -0.4 is 10.6 Å². The summed E-state index contributed by atoms with van der Waals surface area (Å²) in [6.07, 6.45) is 2.39. The SMILES string of the molecule is CC[C@@H](Nc1c(C#N)cnc2c(Cl)cc(NC(c3ccccc3Cl)c3n[nH]nc3C)cc12)c1ccccc1. The van der Waals surface area contributed by atoms with Crippen molar-refractivity contribution in [2.75, 3.05) is 10.6 Å². The van der Waals surface area contributed by atoms with Crippen molar-refractivity contribution in [1.29, 1.82) is 5.26 Å². The van der Waals surface area contributed by atoms with Crippen molar-refractivity contribution in [1.82, 2.24) is 20.4 Å². The largest absolute Gasteiger partial charge is 0.377 e. The highest BCUT2D eigenvalue weighted by atomic mass is 35.5. The molecule has 0 aliphatic carbocycles. The number of nitriles is 1. The zero-order chi connectivity index (χ0) is 26.6. The van der Waals surface area contributed by atoms with Crippen LogP contribution >= 0.6 is 23.2 Å². The van der Waals surface area contributed by atoms with Gasteiger partial charge in [0.1, 0.15) is 11.8 Å². The smallest absolute Gasteiger partial charge is 0.112 e. The molecule has 5 aromatic rings. The van der Waals surface area contributed by atoms with Gasteiger partial charge in [-0.25, -0.2) is 0 Å².